The second-order valence-corrected chi connectivity index (χ2v) is 13.4. The van der Waals surface area contributed by atoms with Gasteiger partial charge in [0.2, 0.25) is 0 Å². The van der Waals surface area contributed by atoms with Crippen LogP contribution in [0.4, 0.5) is 17.1 Å². The molecule has 0 fully saturated rings. The maximum absolute atomic E-state index is 2.53. The number of hydrogen-bond acceptors (Lipinski definition) is 1. The Kier molecular flexibility index (Phi) is 5.96. The van der Waals surface area contributed by atoms with E-state index in [1.807, 2.05) is 0 Å². The fourth-order valence-electron chi connectivity index (χ4n) is 8.43. The van der Waals surface area contributed by atoms with Gasteiger partial charge in [-0.3, -0.25) is 0 Å². The van der Waals surface area contributed by atoms with Crippen molar-refractivity contribution in [3.63, 3.8) is 0 Å². The molecule has 0 spiro atoms. The molecule has 0 atom stereocenters. The Morgan fingerprint density at radius 3 is 1.49 bits per heavy atom. The van der Waals surface area contributed by atoms with Crippen molar-refractivity contribution < 1.29 is 0 Å². The first-order valence-electron chi connectivity index (χ1n) is 17.5. The van der Waals surface area contributed by atoms with E-state index in [9.17, 15) is 0 Å². The Morgan fingerprint density at radius 2 is 0.784 bits per heavy atom. The molecule has 0 bridgehead atoms. The van der Waals surface area contributed by atoms with Crippen LogP contribution in [0.25, 0.3) is 77.2 Å². The quantitative estimate of drug-likeness (QED) is 0.185. The van der Waals surface area contributed by atoms with Crippen LogP contribution in [0.5, 0.6) is 0 Å². The Labute approximate surface area is 295 Å². The molecule has 0 saturated heterocycles. The molecule has 1 aliphatic rings. The highest BCUT2D eigenvalue weighted by molar-refractivity contribution is 6.26. The summed E-state index contributed by atoms with van der Waals surface area (Å²) >= 11 is 0. The lowest BCUT2D eigenvalue weighted by Crippen LogP contribution is -2.18. The van der Waals surface area contributed by atoms with Crippen LogP contribution in [0, 0.1) is 0 Å². The van der Waals surface area contributed by atoms with E-state index >= 15 is 0 Å². The second kappa shape index (κ2) is 10.8. The minimum Gasteiger partial charge on any atom is -0.307 e. The summed E-state index contributed by atoms with van der Waals surface area (Å²) in [6, 6.07) is 68.4. The van der Waals surface area contributed by atoms with Crippen molar-refractivity contribution >= 4 is 60.7 Å². The number of fused-ring (bicyclic) bond motifs is 9. The average Bonchev–Trinajstić information content (AvgIpc) is 3.73. The smallest absolute Gasteiger partial charge is 0.0790 e. The zero-order chi connectivity index (χ0) is 33.5. The number of nitrogens with zero attached hydrogens (tertiary/aromatic N) is 3. The maximum atomic E-state index is 2.53. The highest BCUT2D eigenvalue weighted by Gasteiger charge is 2.30. The van der Waals surface area contributed by atoms with Crippen LogP contribution >= 0.6 is 0 Å². The molecule has 8 aromatic carbocycles. The zero-order valence-corrected chi connectivity index (χ0v) is 27.7. The van der Waals surface area contributed by atoms with Crippen molar-refractivity contribution in [2.75, 3.05) is 4.90 Å². The topological polar surface area (TPSA) is 13.1 Å². The highest BCUT2D eigenvalue weighted by atomic mass is 15.2. The second-order valence-electron chi connectivity index (χ2n) is 13.4. The lowest BCUT2D eigenvalue weighted by molar-refractivity contribution is 1.10. The fourth-order valence-corrected chi connectivity index (χ4v) is 8.43. The first-order valence-corrected chi connectivity index (χ1v) is 17.5. The number of aromatic nitrogens is 2. The van der Waals surface area contributed by atoms with Crippen LogP contribution < -0.4 is 4.90 Å². The molecule has 0 saturated carbocycles. The van der Waals surface area contributed by atoms with E-state index in [2.05, 4.69) is 202 Å². The van der Waals surface area contributed by atoms with Gasteiger partial charge in [0.15, 0.2) is 0 Å². The zero-order valence-electron chi connectivity index (χ0n) is 27.7. The van der Waals surface area contributed by atoms with E-state index in [0.29, 0.717) is 0 Å². The summed E-state index contributed by atoms with van der Waals surface area (Å²) in [5.41, 5.74) is 15.4. The van der Waals surface area contributed by atoms with Crippen molar-refractivity contribution in [2.24, 2.45) is 0 Å². The van der Waals surface area contributed by atoms with Gasteiger partial charge in [0, 0.05) is 32.9 Å². The van der Waals surface area contributed by atoms with Crippen LogP contribution in [0.1, 0.15) is 0 Å². The number of hydrogen-bond donors (Lipinski definition) is 0. The molecule has 11 rings (SSSR count). The lowest BCUT2D eigenvalue weighted by Gasteiger charge is -2.33. The molecule has 1 aliphatic heterocycles. The molecule has 0 aliphatic carbocycles. The molecule has 0 unspecified atom stereocenters. The van der Waals surface area contributed by atoms with Crippen LogP contribution in [0.2, 0.25) is 0 Å². The molecular weight excluding hydrogens is 619 g/mol. The van der Waals surface area contributed by atoms with E-state index in [-0.39, 0.29) is 0 Å². The van der Waals surface area contributed by atoms with Gasteiger partial charge in [-0.2, -0.15) is 0 Å². The SMILES string of the molecule is c1ccc(-c2cc(-c3ccccc3)cc(N3c4ccccc4-n4c5c3cccc5c3ccc5c6ccccc6n(-c6ccccc6)c5c34)c2)cc1. The molecule has 2 aromatic heterocycles. The molecule has 0 radical (unpaired) electrons. The summed E-state index contributed by atoms with van der Waals surface area (Å²) in [4.78, 5) is 2.47. The van der Waals surface area contributed by atoms with E-state index in [4.69, 9.17) is 0 Å². The summed E-state index contributed by atoms with van der Waals surface area (Å²) in [7, 11) is 0. The van der Waals surface area contributed by atoms with Crippen molar-refractivity contribution in [1.82, 2.24) is 9.13 Å². The molecule has 3 nitrogen and oxygen atoms in total. The lowest BCUT2D eigenvalue weighted by atomic mass is 9.97. The van der Waals surface area contributed by atoms with Crippen LogP contribution in [0.3, 0.4) is 0 Å². The molecule has 238 valence electrons. The highest BCUT2D eigenvalue weighted by Crippen LogP contribution is 2.52. The van der Waals surface area contributed by atoms with Crippen LogP contribution in [0.15, 0.2) is 188 Å². The first-order chi connectivity index (χ1) is 25.3. The van der Waals surface area contributed by atoms with Gasteiger partial charge in [-0.05, 0) is 76.9 Å². The Bertz CT molecular complexity index is 2900. The van der Waals surface area contributed by atoms with Gasteiger partial charge in [0.05, 0.1) is 39.1 Å². The monoisotopic (exact) mass is 649 g/mol. The molecule has 3 heterocycles. The van der Waals surface area contributed by atoms with Crippen molar-refractivity contribution in [3.8, 4) is 33.6 Å². The number of para-hydroxylation sites is 5. The van der Waals surface area contributed by atoms with Crippen LogP contribution in [-0.4, -0.2) is 9.13 Å². The van der Waals surface area contributed by atoms with Crippen molar-refractivity contribution in [2.45, 2.75) is 0 Å². The van der Waals surface area contributed by atoms with Gasteiger partial charge < -0.3 is 14.0 Å². The summed E-state index contributed by atoms with van der Waals surface area (Å²) in [6.45, 7) is 0. The number of benzene rings is 8. The molecule has 3 heteroatoms. The average molecular weight is 650 g/mol. The van der Waals surface area contributed by atoms with E-state index in [1.165, 1.54) is 77.2 Å². The number of anilines is 3. The molecule has 10 aromatic rings. The molecule has 0 N–H and O–H groups in total. The molecular formula is C48H31N3. The van der Waals surface area contributed by atoms with Crippen molar-refractivity contribution in [3.05, 3.63) is 188 Å². The molecule has 0 amide bonds. The van der Waals surface area contributed by atoms with Gasteiger partial charge in [-0.15, -0.1) is 0 Å². The Balaban J connectivity index is 1.27. The summed E-state index contributed by atoms with van der Waals surface area (Å²) in [5.74, 6) is 0. The Hall–Kier alpha value is -6.84. The number of rotatable bonds is 4. The van der Waals surface area contributed by atoms with Gasteiger partial charge in [-0.25, -0.2) is 0 Å². The minimum atomic E-state index is 1.13. The van der Waals surface area contributed by atoms with Crippen LogP contribution in [-0.2, 0) is 0 Å². The third kappa shape index (κ3) is 4.06. The van der Waals surface area contributed by atoms with E-state index in [1.54, 1.807) is 0 Å². The minimum absolute atomic E-state index is 1.13. The predicted molar refractivity (Wildman–Crippen MR) is 214 cm³/mol. The van der Waals surface area contributed by atoms with Gasteiger partial charge >= 0.3 is 0 Å². The summed E-state index contributed by atoms with van der Waals surface area (Å²) in [5, 5.41) is 5.01. The first kappa shape index (κ1) is 28.0. The third-order valence-electron chi connectivity index (χ3n) is 10.6. The molecule has 51 heavy (non-hydrogen) atoms. The van der Waals surface area contributed by atoms with E-state index in [0.717, 1.165) is 17.1 Å². The fraction of sp³-hybridized carbons (Fsp3) is 0. The normalized spacial score (nSPS) is 12.3. The van der Waals surface area contributed by atoms with Gasteiger partial charge in [0.25, 0.3) is 0 Å². The van der Waals surface area contributed by atoms with Gasteiger partial charge in [-0.1, -0.05) is 133 Å². The summed E-state index contributed by atoms with van der Waals surface area (Å²) in [6.07, 6.45) is 0. The predicted octanol–water partition coefficient (Wildman–Crippen LogP) is 13.0. The maximum Gasteiger partial charge on any atom is 0.0790 e. The largest absolute Gasteiger partial charge is 0.307 e. The van der Waals surface area contributed by atoms with Gasteiger partial charge in [0.1, 0.15) is 0 Å². The standard InChI is InChI=1S/C48H31N3/c1-4-15-32(16-5-1)34-29-35(33-17-6-2-7-18-33)31-37(30-34)49-43-24-12-13-25-44(43)51-46-39(22-14-26-45(46)49)41-28-27-40-38-21-10-11-23-42(38)50(47(40)48(41)51)36-19-8-3-9-20-36/h1-31H. The Morgan fingerprint density at radius 1 is 0.275 bits per heavy atom. The third-order valence-corrected chi connectivity index (χ3v) is 10.6. The summed E-state index contributed by atoms with van der Waals surface area (Å²) < 4.78 is 4.99. The van der Waals surface area contributed by atoms with E-state index < -0.39 is 0 Å². The van der Waals surface area contributed by atoms with Crippen molar-refractivity contribution in [1.29, 1.82) is 0 Å².